The summed E-state index contributed by atoms with van der Waals surface area (Å²) in [5.74, 6) is -1.51. The van der Waals surface area contributed by atoms with Gasteiger partial charge in [0.25, 0.3) is 5.91 Å². The minimum absolute atomic E-state index is 0.152. The maximum Gasteiger partial charge on any atom is 0.323 e. The lowest BCUT2D eigenvalue weighted by Gasteiger charge is -2.27. The molecule has 0 bridgehead atoms. The summed E-state index contributed by atoms with van der Waals surface area (Å²) in [6, 6.07) is 12.5. The molecule has 0 aliphatic carbocycles. The summed E-state index contributed by atoms with van der Waals surface area (Å²) in [5, 5.41) is 9.37. The number of benzene rings is 2. The predicted octanol–water partition coefficient (Wildman–Crippen LogP) is 3.93. The Balaban J connectivity index is 2.22. The van der Waals surface area contributed by atoms with Crippen molar-refractivity contribution in [2.75, 3.05) is 25.0 Å². The summed E-state index contributed by atoms with van der Waals surface area (Å²) in [6.07, 6.45) is 0.564. The largest absolute Gasteiger partial charge is 0.480 e. The number of carboxylic acids is 1. The first kappa shape index (κ1) is 22.4. The van der Waals surface area contributed by atoms with E-state index in [0.29, 0.717) is 23.6 Å². The average molecular weight is 417 g/mol. The summed E-state index contributed by atoms with van der Waals surface area (Å²) in [5.41, 5.74) is 3.24. The highest BCUT2D eigenvalue weighted by atomic mass is 35.5. The molecule has 2 amide bonds. The first-order valence-corrected chi connectivity index (χ1v) is 9.68. The molecule has 7 heteroatoms. The first-order chi connectivity index (χ1) is 13.7. The fraction of sp³-hybridized carbons (Fsp3) is 0.318. The van der Waals surface area contributed by atoms with Crippen molar-refractivity contribution in [2.45, 2.75) is 26.7 Å². The number of halogens is 1. The molecule has 0 heterocycles. The number of carbonyl (C=O) groups excluding carboxylic acids is 2. The summed E-state index contributed by atoms with van der Waals surface area (Å²) < 4.78 is 0. The number of aliphatic carboxylic acids is 1. The number of para-hydroxylation sites is 1. The molecule has 29 heavy (non-hydrogen) atoms. The van der Waals surface area contributed by atoms with Crippen LogP contribution in [0.1, 0.15) is 34.3 Å². The molecule has 2 aromatic rings. The average Bonchev–Trinajstić information content (AvgIpc) is 2.66. The Bertz CT molecular complexity index is 876. The van der Waals surface area contributed by atoms with E-state index < -0.39 is 5.97 Å². The van der Waals surface area contributed by atoms with Crippen LogP contribution in [0.2, 0.25) is 5.02 Å². The fourth-order valence-corrected chi connectivity index (χ4v) is 3.29. The fourth-order valence-electron chi connectivity index (χ4n) is 3.16. The van der Waals surface area contributed by atoms with E-state index in [2.05, 4.69) is 0 Å². The van der Waals surface area contributed by atoms with Crippen molar-refractivity contribution in [1.82, 2.24) is 4.90 Å². The van der Waals surface area contributed by atoms with Gasteiger partial charge in [0.2, 0.25) is 5.91 Å². The molecule has 0 fully saturated rings. The van der Waals surface area contributed by atoms with E-state index in [1.807, 2.05) is 32.0 Å². The van der Waals surface area contributed by atoms with Gasteiger partial charge in [-0.05, 0) is 55.7 Å². The summed E-state index contributed by atoms with van der Waals surface area (Å²) in [6.45, 7) is 3.87. The number of hydrogen-bond acceptors (Lipinski definition) is 3. The number of rotatable bonds is 8. The number of amides is 2. The van der Waals surface area contributed by atoms with E-state index in [-0.39, 0.29) is 24.8 Å². The summed E-state index contributed by atoms with van der Waals surface area (Å²) in [7, 11) is 1.46. The maximum atomic E-state index is 13.2. The van der Waals surface area contributed by atoms with Gasteiger partial charge in [-0.15, -0.1) is 0 Å². The van der Waals surface area contributed by atoms with Gasteiger partial charge in [-0.3, -0.25) is 14.4 Å². The number of hydrogen-bond donors (Lipinski definition) is 1. The molecule has 154 valence electrons. The minimum atomic E-state index is -1.06. The quantitative estimate of drug-likeness (QED) is 0.707. The number of likely N-dealkylation sites (N-methyl/N-ethyl adjacent to an activating group) is 1. The number of nitrogens with zero attached hydrogens (tertiary/aromatic N) is 2. The van der Waals surface area contributed by atoms with E-state index in [4.69, 9.17) is 16.7 Å². The van der Waals surface area contributed by atoms with Crippen LogP contribution in [-0.4, -0.2) is 47.9 Å². The molecule has 0 saturated carbocycles. The van der Waals surface area contributed by atoms with E-state index in [1.54, 1.807) is 29.2 Å². The van der Waals surface area contributed by atoms with E-state index in [9.17, 15) is 14.4 Å². The normalized spacial score (nSPS) is 10.5. The molecule has 2 aromatic carbocycles. The highest BCUT2D eigenvalue weighted by Gasteiger charge is 2.21. The molecule has 6 nitrogen and oxygen atoms in total. The van der Waals surface area contributed by atoms with Crippen LogP contribution in [0, 0.1) is 13.8 Å². The predicted molar refractivity (Wildman–Crippen MR) is 114 cm³/mol. The van der Waals surface area contributed by atoms with Gasteiger partial charge < -0.3 is 14.9 Å². The lowest BCUT2D eigenvalue weighted by atomic mass is 10.1. The molecule has 0 unspecified atom stereocenters. The second-order valence-electron chi connectivity index (χ2n) is 6.95. The third-order valence-electron chi connectivity index (χ3n) is 4.62. The first-order valence-electron chi connectivity index (χ1n) is 9.30. The van der Waals surface area contributed by atoms with Crippen molar-refractivity contribution in [3.63, 3.8) is 0 Å². The van der Waals surface area contributed by atoms with Crippen molar-refractivity contribution in [3.05, 3.63) is 64.2 Å². The topological polar surface area (TPSA) is 77.9 Å². The van der Waals surface area contributed by atoms with Gasteiger partial charge in [0, 0.05) is 36.3 Å². The molecule has 0 spiro atoms. The van der Waals surface area contributed by atoms with Gasteiger partial charge in [-0.1, -0.05) is 29.8 Å². The zero-order chi connectivity index (χ0) is 21.6. The molecule has 2 rings (SSSR count). The van der Waals surface area contributed by atoms with Crippen LogP contribution >= 0.6 is 11.6 Å². The third kappa shape index (κ3) is 6.06. The Morgan fingerprint density at radius 2 is 1.59 bits per heavy atom. The zero-order valence-electron chi connectivity index (χ0n) is 16.8. The van der Waals surface area contributed by atoms with E-state index in [0.717, 1.165) is 16.8 Å². The SMILES string of the molecule is Cc1cccc(C)c1N(CCCC(=O)N(C)CC(=O)O)C(=O)c1ccc(Cl)cc1. The standard InChI is InChI=1S/C22H25ClN2O4/c1-15-6-4-7-16(2)21(15)25(22(29)17-9-11-18(23)12-10-17)13-5-8-19(26)24(3)14-20(27)28/h4,6-7,9-12H,5,8,13-14H2,1-3H3,(H,27,28). The van der Waals surface area contributed by atoms with E-state index in [1.165, 1.54) is 11.9 Å². The van der Waals surface area contributed by atoms with Crippen LogP contribution in [0.25, 0.3) is 0 Å². The lowest BCUT2D eigenvalue weighted by molar-refractivity contribution is -0.143. The Labute approximate surface area is 175 Å². The second-order valence-corrected chi connectivity index (χ2v) is 7.39. The van der Waals surface area contributed by atoms with Crippen molar-refractivity contribution >= 4 is 35.1 Å². The number of carbonyl (C=O) groups is 3. The highest BCUT2D eigenvalue weighted by molar-refractivity contribution is 6.30. The van der Waals surface area contributed by atoms with Gasteiger partial charge in [0.15, 0.2) is 0 Å². The van der Waals surface area contributed by atoms with Gasteiger partial charge >= 0.3 is 5.97 Å². The molecule has 1 N–H and O–H groups in total. The Kier molecular flexibility index (Phi) is 7.79. The van der Waals surface area contributed by atoms with Crippen LogP contribution in [0.4, 0.5) is 5.69 Å². The molecule has 0 atom stereocenters. The maximum absolute atomic E-state index is 13.2. The number of aryl methyl sites for hydroxylation is 2. The molecule has 0 aliphatic heterocycles. The van der Waals surface area contributed by atoms with Crippen LogP contribution < -0.4 is 4.90 Å². The van der Waals surface area contributed by atoms with Crippen molar-refractivity contribution in [1.29, 1.82) is 0 Å². The Hall–Kier alpha value is -2.86. The smallest absolute Gasteiger partial charge is 0.323 e. The Morgan fingerprint density at radius 1 is 1.00 bits per heavy atom. The zero-order valence-corrected chi connectivity index (χ0v) is 17.6. The summed E-state index contributed by atoms with van der Waals surface area (Å²) in [4.78, 5) is 39.0. The minimum Gasteiger partial charge on any atom is -0.480 e. The van der Waals surface area contributed by atoms with Crippen LogP contribution in [-0.2, 0) is 9.59 Å². The highest BCUT2D eigenvalue weighted by Crippen LogP contribution is 2.27. The van der Waals surface area contributed by atoms with Crippen molar-refractivity contribution < 1.29 is 19.5 Å². The van der Waals surface area contributed by atoms with Crippen LogP contribution in [0.15, 0.2) is 42.5 Å². The second kappa shape index (κ2) is 10.1. The van der Waals surface area contributed by atoms with Gasteiger partial charge in [0.1, 0.15) is 6.54 Å². The van der Waals surface area contributed by atoms with E-state index >= 15 is 0 Å². The lowest BCUT2D eigenvalue weighted by Crippen LogP contribution is -2.35. The van der Waals surface area contributed by atoms with Crippen molar-refractivity contribution in [3.8, 4) is 0 Å². The van der Waals surface area contributed by atoms with Crippen molar-refractivity contribution in [2.24, 2.45) is 0 Å². The number of anilines is 1. The molecule has 0 radical (unpaired) electrons. The van der Waals surface area contributed by atoms with Gasteiger partial charge in [0.05, 0.1) is 0 Å². The van der Waals surface area contributed by atoms with Gasteiger partial charge in [-0.25, -0.2) is 0 Å². The van der Waals surface area contributed by atoms with Gasteiger partial charge in [-0.2, -0.15) is 0 Å². The van der Waals surface area contributed by atoms with Crippen LogP contribution in [0.3, 0.4) is 0 Å². The monoisotopic (exact) mass is 416 g/mol. The number of carboxylic acid groups (broad SMARTS) is 1. The molecule has 0 aromatic heterocycles. The molecule has 0 aliphatic rings. The summed E-state index contributed by atoms with van der Waals surface area (Å²) >= 11 is 5.94. The molecule has 0 saturated heterocycles. The molecular formula is C22H25ClN2O4. The molecular weight excluding hydrogens is 392 g/mol. The Morgan fingerprint density at radius 3 is 2.14 bits per heavy atom. The third-order valence-corrected chi connectivity index (χ3v) is 4.87. The van der Waals surface area contributed by atoms with Crippen LogP contribution in [0.5, 0.6) is 0 Å².